The first kappa shape index (κ1) is 18.0. The lowest BCUT2D eigenvalue weighted by molar-refractivity contribution is -0.138. The van der Waals surface area contributed by atoms with E-state index in [1.807, 2.05) is 66.0 Å². The normalized spacial score (nSPS) is 15.2. The van der Waals surface area contributed by atoms with Gasteiger partial charge in [0.25, 0.3) is 23.6 Å². The Bertz CT molecular complexity index is 860. The smallest absolute Gasteiger partial charge is 0.254 e. The molecule has 0 radical (unpaired) electrons. The SMILES string of the molecule is O=C1C=CC(=O)N1.O=C1C=CC(=O)N1C(c1ccccc1)c1ccccc1. The van der Waals surface area contributed by atoms with E-state index < -0.39 is 0 Å². The minimum Gasteiger partial charge on any atom is -0.289 e. The molecule has 0 bridgehead atoms. The van der Waals surface area contributed by atoms with Crippen LogP contribution in [0.1, 0.15) is 17.2 Å². The van der Waals surface area contributed by atoms with Crippen molar-refractivity contribution >= 4 is 23.6 Å². The maximum absolute atomic E-state index is 12.0. The summed E-state index contributed by atoms with van der Waals surface area (Å²) in [6.07, 6.45) is 5.03. The van der Waals surface area contributed by atoms with Gasteiger partial charge in [-0.15, -0.1) is 0 Å². The van der Waals surface area contributed by atoms with Crippen molar-refractivity contribution in [3.05, 3.63) is 96.1 Å². The van der Waals surface area contributed by atoms with Crippen molar-refractivity contribution in [2.24, 2.45) is 0 Å². The number of amides is 4. The zero-order chi connectivity index (χ0) is 19.2. The fourth-order valence-corrected chi connectivity index (χ4v) is 2.78. The van der Waals surface area contributed by atoms with Crippen molar-refractivity contribution < 1.29 is 19.2 Å². The average molecular weight is 360 g/mol. The molecule has 2 aromatic carbocycles. The Morgan fingerprint density at radius 3 is 1.33 bits per heavy atom. The Labute approximate surface area is 155 Å². The Morgan fingerprint density at radius 1 is 0.593 bits per heavy atom. The molecule has 0 fully saturated rings. The van der Waals surface area contributed by atoms with Gasteiger partial charge in [-0.05, 0) is 11.1 Å². The molecule has 6 nitrogen and oxygen atoms in total. The van der Waals surface area contributed by atoms with E-state index >= 15 is 0 Å². The molecule has 2 heterocycles. The van der Waals surface area contributed by atoms with Gasteiger partial charge in [-0.25, -0.2) is 0 Å². The van der Waals surface area contributed by atoms with E-state index in [2.05, 4.69) is 0 Å². The monoisotopic (exact) mass is 360 g/mol. The molecule has 2 aliphatic rings. The van der Waals surface area contributed by atoms with Crippen molar-refractivity contribution in [1.82, 2.24) is 10.2 Å². The van der Waals surface area contributed by atoms with Crippen molar-refractivity contribution in [2.45, 2.75) is 6.04 Å². The van der Waals surface area contributed by atoms with Gasteiger partial charge in [0.15, 0.2) is 0 Å². The van der Waals surface area contributed by atoms with Crippen LogP contribution in [0, 0.1) is 0 Å². The first-order chi connectivity index (χ1) is 13.1. The summed E-state index contributed by atoms with van der Waals surface area (Å²) in [6, 6.07) is 18.8. The lowest BCUT2D eigenvalue weighted by Gasteiger charge is -2.27. The first-order valence-electron chi connectivity index (χ1n) is 8.24. The molecule has 0 spiro atoms. The zero-order valence-electron chi connectivity index (χ0n) is 14.2. The van der Waals surface area contributed by atoms with Gasteiger partial charge in [-0.1, -0.05) is 60.7 Å². The molecule has 27 heavy (non-hydrogen) atoms. The van der Waals surface area contributed by atoms with Gasteiger partial charge in [-0.3, -0.25) is 29.4 Å². The number of hydrogen-bond acceptors (Lipinski definition) is 4. The van der Waals surface area contributed by atoms with Crippen LogP contribution in [0.15, 0.2) is 85.0 Å². The predicted octanol–water partition coefficient (Wildman–Crippen LogP) is 1.90. The lowest BCUT2D eigenvalue weighted by atomic mass is 9.97. The number of carbonyl (C=O) groups excluding carboxylic acids is 4. The fourth-order valence-electron chi connectivity index (χ4n) is 2.78. The Hall–Kier alpha value is -3.80. The molecular weight excluding hydrogens is 344 g/mol. The van der Waals surface area contributed by atoms with Crippen LogP contribution in [0.4, 0.5) is 0 Å². The van der Waals surface area contributed by atoms with Crippen LogP contribution in [0.2, 0.25) is 0 Å². The molecule has 0 aliphatic carbocycles. The number of rotatable bonds is 3. The first-order valence-corrected chi connectivity index (χ1v) is 8.24. The maximum Gasteiger partial charge on any atom is 0.254 e. The minimum atomic E-state index is -0.382. The predicted molar refractivity (Wildman–Crippen MR) is 98.0 cm³/mol. The van der Waals surface area contributed by atoms with E-state index in [0.717, 1.165) is 11.1 Å². The van der Waals surface area contributed by atoms with Crippen molar-refractivity contribution in [3.63, 3.8) is 0 Å². The number of benzene rings is 2. The molecule has 134 valence electrons. The Kier molecular flexibility index (Phi) is 5.37. The summed E-state index contributed by atoms with van der Waals surface area (Å²) in [5.41, 5.74) is 1.84. The number of carbonyl (C=O) groups is 4. The largest absolute Gasteiger partial charge is 0.289 e. The summed E-state index contributed by atoms with van der Waals surface area (Å²) >= 11 is 0. The number of nitrogens with one attached hydrogen (secondary N) is 1. The second-order valence-corrected chi connectivity index (χ2v) is 5.79. The molecule has 2 aromatic rings. The highest BCUT2D eigenvalue weighted by Crippen LogP contribution is 2.30. The highest BCUT2D eigenvalue weighted by atomic mass is 16.2. The number of hydrogen-bond donors (Lipinski definition) is 1. The fraction of sp³-hybridized carbons (Fsp3) is 0.0476. The van der Waals surface area contributed by atoms with Gasteiger partial charge >= 0.3 is 0 Å². The number of imide groups is 2. The third-order valence-corrected chi connectivity index (χ3v) is 3.96. The highest BCUT2D eigenvalue weighted by molar-refractivity contribution is 6.13. The van der Waals surface area contributed by atoms with Crippen molar-refractivity contribution in [2.75, 3.05) is 0 Å². The molecule has 4 amide bonds. The molecule has 4 rings (SSSR count). The third-order valence-electron chi connectivity index (χ3n) is 3.96. The van der Waals surface area contributed by atoms with E-state index in [0.29, 0.717) is 0 Å². The van der Waals surface area contributed by atoms with Crippen LogP contribution in [-0.4, -0.2) is 28.5 Å². The molecule has 0 saturated heterocycles. The van der Waals surface area contributed by atoms with Gasteiger partial charge < -0.3 is 0 Å². The van der Waals surface area contributed by atoms with Crippen LogP contribution in [0.25, 0.3) is 0 Å². The van der Waals surface area contributed by atoms with Gasteiger partial charge in [0.1, 0.15) is 0 Å². The van der Waals surface area contributed by atoms with Gasteiger partial charge in [-0.2, -0.15) is 0 Å². The summed E-state index contributed by atoms with van der Waals surface area (Å²) in [6.45, 7) is 0. The van der Waals surface area contributed by atoms with Crippen LogP contribution in [0.5, 0.6) is 0 Å². The van der Waals surface area contributed by atoms with Crippen molar-refractivity contribution in [3.8, 4) is 0 Å². The van der Waals surface area contributed by atoms with Gasteiger partial charge in [0, 0.05) is 24.3 Å². The molecule has 6 heteroatoms. The summed E-state index contributed by atoms with van der Waals surface area (Å²) in [4.78, 5) is 45.3. The third kappa shape index (κ3) is 4.24. The van der Waals surface area contributed by atoms with E-state index in [1.54, 1.807) is 0 Å². The molecule has 0 unspecified atom stereocenters. The summed E-state index contributed by atoms with van der Waals surface area (Å²) in [5, 5.41) is 2.03. The topological polar surface area (TPSA) is 83.5 Å². The molecular formula is C21H16N2O4. The molecule has 0 atom stereocenters. The average Bonchev–Trinajstić information content (AvgIpc) is 3.23. The molecule has 0 saturated carbocycles. The second kappa shape index (κ2) is 8.05. The van der Waals surface area contributed by atoms with Crippen LogP contribution in [0.3, 0.4) is 0 Å². The molecule has 2 aliphatic heterocycles. The second-order valence-electron chi connectivity index (χ2n) is 5.79. The summed E-state index contributed by atoms with van der Waals surface area (Å²) in [5.74, 6) is -1.20. The van der Waals surface area contributed by atoms with Crippen LogP contribution in [-0.2, 0) is 19.2 Å². The number of nitrogens with zero attached hydrogens (tertiary/aromatic N) is 1. The van der Waals surface area contributed by atoms with Crippen LogP contribution >= 0.6 is 0 Å². The van der Waals surface area contributed by atoms with E-state index in [1.165, 1.54) is 29.2 Å². The minimum absolute atomic E-state index is 0.271. The molecule has 1 N–H and O–H groups in total. The highest BCUT2D eigenvalue weighted by Gasteiger charge is 2.33. The molecule has 0 aromatic heterocycles. The van der Waals surface area contributed by atoms with E-state index in [-0.39, 0.29) is 29.7 Å². The summed E-state index contributed by atoms with van der Waals surface area (Å²) < 4.78 is 0. The lowest BCUT2D eigenvalue weighted by Crippen LogP contribution is -2.34. The van der Waals surface area contributed by atoms with E-state index in [4.69, 9.17) is 0 Å². The Morgan fingerprint density at radius 2 is 1.00 bits per heavy atom. The maximum atomic E-state index is 12.0. The summed E-state index contributed by atoms with van der Waals surface area (Å²) in [7, 11) is 0. The standard InChI is InChI=1S/C17H13NO2.C4H3NO2/c19-15-11-12-16(20)18(15)17(13-7-3-1-4-8-13)14-9-5-2-6-10-14;6-3-1-2-4(7)5-3/h1-12,17H;1-2H,(H,5,6,7). The van der Waals surface area contributed by atoms with Crippen molar-refractivity contribution in [1.29, 1.82) is 0 Å². The zero-order valence-corrected chi connectivity index (χ0v) is 14.2. The van der Waals surface area contributed by atoms with Crippen LogP contribution < -0.4 is 5.32 Å². The quantitative estimate of drug-likeness (QED) is 0.848. The van der Waals surface area contributed by atoms with Gasteiger partial charge in [0.2, 0.25) is 0 Å². The Balaban J connectivity index is 0.000000253. The van der Waals surface area contributed by atoms with E-state index in [9.17, 15) is 19.2 Å². The van der Waals surface area contributed by atoms with Gasteiger partial charge in [0.05, 0.1) is 6.04 Å².